The molecule has 0 spiro atoms. The number of aliphatic hydroxyl groups is 1. The molecule has 234 valence electrons. The van der Waals surface area contributed by atoms with Crippen LogP contribution in [0.25, 0.3) is 0 Å². The van der Waals surface area contributed by atoms with Crippen LogP contribution in [0, 0.1) is 11.8 Å². The summed E-state index contributed by atoms with van der Waals surface area (Å²) >= 11 is 0. The first kappa shape index (κ1) is 40.8. The van der Waals surface area contributed by atoms with E-state index in [-0.39, 0.29) is 19.2 Å². The monoisotopic (exact) mass is 578 g/mol. The van der Waals surface area contributed by atoms with E-state index in [0.29, 0.717) is 5.57 Å². The molecule has 1 aromatic rings. The number of rotatable bonds is 8. The van der Waals surface area contributed by atoms with E-state index in [1.165, 1.54) is 11.3 Å². The molecule has 1 saturated heterocycles. The first-order chi connectivity index (χ1) is 20.5. The van der Waals surface area contributed by atoms with E-state index in [9.17, 15) is 9.90 Å². The summed E-state index contributed by atoms with van der Waals surface area (Å²) in [5.41, 5.74) is 4.99. The van der Waals surface area contributed by atoms with E-state index >= 15 is 0 Å². The number of piperazine rings is 1. The number of esters is 1. The fraction of sp³-hybridized carbons (Fsp3) is 0.486. The highest BCUT2D eigenvalue weighted by Crippen LogP contribution is 2.20. The SMILES string of the molecule is C/C=C\C(=C/C)COC(=O)C1=CC=C(CN2CCN(c3cccc(CO)c3)CC2)CC=C1.CC.CC.CC.CC#CC. The zero-order valence-electron chi connectivity index (χ0n) is 28.2. The van der Waals surface area contributed by atoms with Crippen LogP contribution in [0.1, 0.15) is 81.2 Å². The zero-order valence-corrected chi connectivity index (χ0v) is 28.2. The Balaban J connectivity index is 0. The second-order valence-corrected chi connectivity index (χ2v) is 8.58. The van der Waals surface area contributed by atoms with Gasteiger partial charge in [-0.05, 0) is 63.5 Å². The Morgan fingerprint density at radius 2 is 1.62 bits per heavy atom. The summed E-state index contributed by atoms with van der Waals surface area (Å²) in [5.74, 6) is 5.07. The van der Waals surface area contributed by atoms with E-state index < -0.39 is 0 Å². The van der Waals surface area contributed by atoms with Crippen molar-refractivity contribution in [2.75, 3.05) is 44.2 Å². The second-order valence-electron chi connectivity index (χ2n) is 8.58. The minimum Gasteiger partial charge on any atom is -0.457 e. The standard InChI is InChI=1S/C27H34N2O3.C4H6.3C2H6/c1-3-7-22(4-2)21-32-27(31)25-10-5-8-23(12-13-25)19-28-14-16-29(17-15-28)26-11-6-9-24(18-26)20-30;1-3-4-2;3*1-2/h3-7,9-13,18,30H,8,14-17,19-21H2,1-2H3;1-2H3;3*1-2H3/b7-3-,22-4+;;;;. The van der Waals surface area contributed by atoms with Gasteiger partial charge in [0.15, 0.2) is 0 Å². The Hall–Kier alpha value is -3.33. The van der Waals surface area contributed by atoms with Crippen molar-refractivity contribution in [1.29, 1.82) is 0 Å². The van der Waals surface area contributed by atoms with Gasteiger partial charge in [-0.1, -0.05) is 95.7 Å². The number of nitrogens with zero attached hydrogens (tertiary/aromatic N) is 2. The van der Waals surface area contributed by atoms with Gasteiger partial charge in [0.25, 0.3) is 0 Å². The first-order valence-corrected chi connectivity index (χ1v) is 15.6. The fourth-order valence-corrected chi connectivity index (χ4v) is 3.90. The third-order valence-corrected chi connectivity index (χ3v) is 6.04. The third-order valence-electron chi connectivity index (χ3n) is 6.04. The number of ether oxygens (including phenoxy) is 1. The Bertz CT molecular complexity index is 1050. The van der Waals surface area contributed by atoms with Crippen molar-refractivity contribution in [2.45, 2.75) is 82.3 Å². The third kappa shape index (κ3) is 16.8. The number of aliphatic hydroxyl groups excluding tert-OH is 1. The summed E-state index contributed by atoms with van der Waals surface area (Å²) in [7, 11) is 0. The predicted molar refractivity (Wildman–Crippen MR) is 184 cm³/mol. The van der Waals surface area contributed by atoms with Gasteiger partial charge >= 0.3 is 5.97 Å². The van der Waals surface area contributed by atoms with Crippen molar-refractivity contribution in [3.63, 3.8) is 0 Å². The average molecular weight is 579 g/mol. The Morgan fingerprint density at radius 3 is 2.17 bits per heavy atom. The Kier molecular flexibility index (Phi) is 27.0. The summed E-state index contributed by atoms with van der Waals surface area (Å²) in [5, 5.41) is 9.37. The predicted octanol–water partition coefficient (Wildman–Crippen LogP) is 8.29. The largest absolute Gasteiger partial charge is 0.457 e. The lowest BCUT2D eigenvalue weighted by atomic mass is 10.1. The summed E-state index contributed by atoms with van der Waals surface area (Å²) in [4.78, 5) is 17.3. The molecule has 5 nitrogen and oxygen atoms in total. The Morgan fingerprint density at radius 1 is 0.976 bits per heavy atom. The second kappa shape index (κ2) is 27.8. The molecule has 3 rings (SSSR count). The van der Waals surface area contributed by atoms with Crippen LogP contribution in [0.5, 0.6) is 0 Å². The number of hydrogen-bond donors (Lipinski definition) is 1. The van der Waals surface area contributed by atoms with Crippen LogP contribution in [0.4, 0.5) is 5.69 Å². The number of anilines is 1. The van der Waals surface area contributed by atoms with Crippen LogP contribution in [-0.2, 0) is 16.1 Å². The van der Waals surface area contributed by atoms with Crippen LogP contribution < -0.4 is 4.90 Å². The van der Waals surface area contributed by atoms with Crippen LogP contribution in [0.2, 0.25) is 0 Å². The van der Waals surface area contributed by atoms with E-state index in [4.69, 9.17) is 4.74 Å². The smallest absolute Gasteiger partial charge is 0.338 e. The van der Waals surface area contributed by atoms with Crippen molar-refractivity contribution >= 4 is 11.7 Å². The first-order valence-electron chi connectivity index (χ1n) is 15.6. The van der Waals surface area contributed by atoms with Gasteiger partial charge in [-0.25, -0.2) is 4.79 Å². The van der Waals surface area contributed by atoms with Crippen LogP contribution in [0.3, 0.4) is 0 Å². The van der Waals surface area contributed by atoms with Crippen LogP contribution in [0.15, 0.2) is 83.5 Å². The maximum Gasteiger partial charge on any atom is 0.338 e. The average Bonchev–Trinajstić information content (AvgIpc) is 3.31. The molecule has 42 heavy (non-hydrogen) atoms. The van der Waals surface area contributed by atoms with Crippen molar-refractivity contribution in [3.05, 3.63) is 89.1 Å². The molecular formula is C37H58N2O3. The molecule has 1 aliphatic heterocycles. The van der Waals surface area contributed by atoms with E-state index in [1.807, 2.05) is 118 Å². The molecule has 2 aliphatic rings. The quantitative estimate of drug-likeness (QED) is 0.191. The molecule has 1 aromatic carbocycles. The maximum atomic E-state index is 12.4. The fourth-order valence-electron chi connectivity index (χ4n) is 3.90. The van der Waals surface area contributed by atoms with Gasteiger partial charge in [-0.2, -0.15) is 0 Å². The van der Waals surface area contributed by atoms with Crippen molar-refractivity contribution < 1.29 is 14.6 Å². The molecule has 0 bridgehead atoms. The van der Waals surface area contributed by atoms with Crippen LogP contribution in [-0.4, -0.2) is 55.3 Å². The van der Waals surface area contributed by atoms with Crippen molar-refractivity contribution in [3.8, 4) is 11.8 Å². The zero-order chi connectivity index (χ0) is 32.2. The van der Waals surface area contributed by atoms with Gasteiger partial charge in [0.1, 0.15) is 6.61 Å². The number of hydrogen-bond acceptors (Lipinski definition) is 5. The normalized spacial score (nSPS) is 14.4. The van der Waals surface area contributed by atoms with Gasteiger partial charge in [-0.3, -0.25) is 4.90 Å². The van der Waals surface area contributed by atoms with Gasteiger partial charge in [0.2, 0.25) is 0 Å². The molecule has 1 N–H and O–H groups in total. The number of benzene rings is 1. The molecule has 1 fully saturated rings. The van der Waals surface area contributed by atoms with Gasteiger partial charge in [-0.15, -0.1) is 11.8 Å². The summed E-state index contributed by atoms with van der Waals surface area (Å²) < 4.78 is 5.46. The highest BCUT2D eigenvalue weighted by molar-refractivity contribution is 5.92. The van der Waals surface area contributed by atoms with Crippen LogP contribution >= 0.6 is 0 Å². The van der Waals surface area contributed by atoms with E-state index in [2.05, 4.69) is 39.8 Å². The molecule has 0 aromatic heterocycles. The lowest BCUT2D eigenvalue weighted by Crippen LogP contribution is -2.46. The summed E-state index contributed by atoms with van der Waals surface area (Å²) in [6.45, 7) is 24.7. The van der Waals surface area contributed by atoms with E-state index in [0.717, 1.165) is 50.3 Å². The lowest BCUT2D eigenvalue weighted by Gasteiger charge is -2.36. The summed E-state index contributed by atoms with van der Waals surface area (Å²) in [6.07, 6.45) is 14.5. The maximum absolute atomic E-state index is 12.4. The Labute approximate surface area is 258 Å². The highest BCUT2D eigenvalue weighted by Gasteiger charge is 2.18. The van der Waals surface area contributed by atoms with Crippen molar-refractivity contribution in [1.82, 2.24) is 4.90 Å². The van der Waals surface area contributed by atoms with Gasteiger partial charge < -0.3 is 14.7 Å². The molecule has 0 saturated carbocycles. The number of carbonyl (C=O) groups is 1. The number of allylic oxidation sites excluding steroid dienone is 5. The number of carbonyl (C=O) groups excluding carboxylic acids is 1. The molecule has 1 aliphatic carbocycles. The molecular weight excluding hydrogens is 520 g/mol. The topological polar surface area (TPSA) is 53.0 Å². The van der Waals surface area contributed by atoms with Gasteiger partial charge in [0, 0.05) is 38.4 Å². The molecule has 0 atom stereocenters. The van der Waals surface area contributed by atoms with Gasteiger partial charge in [0.05, 0.1) is 12.2 Å². The minimum atomic E-state index is -0.290. The van der Waals surface area contributed by atoms with E-state index in [1.54, 1.807) is 0 Å². The van der Waals surface area contributed by atoms with Crippen molar-refractivity contribution in [2.24, 2.45) is 0 Å². The molecule has 0 radical (unpaired) electrons. The highest BCUT2D eigenvalue weighted by atomic mass is 16.5. The molecule has 1 heterocycles. The minimum absolute atomic E-state index is 0.0742. The molecule has 0 amide bonds. The molecule has 5 heteroatoms. The summed E-state index contributed by atoms with van der Waals surface area (Å²) in [6, 6.07) is 8.13. The lowest BCUT2D eigenvalue weighted by molar-refractivity contribution is -0.137. The molecule has 0 unspecified atom stereocenters.